The Morgan fingerprint density at radius 2 is 2.00 bits per heavy atom. The van der Waals surface area contributed by atoms with Crippen molar-refractivity contribution < 1.29 is 9.53 Å². The molecular weight excluding hydrogens is 242 g/mol. The molecule has 0 unspecified atom stereocenters. The molecule has 1 saturated heterocycles. The maximum Gasteiger partial charge on any atom is 0.338 e. The lowest BCUT2D eigenvalue weighted by atomic mass is 10.1. The average Bonchev–Trinajstić information content (AvgIpc) is 2.42. The van der Waals surface area contributed by atoms with E-state index in [4.69, 9.17) is 10.5 Å². The number of ether oxygens (including phenoxy) is 1. The van der Waals surface area contributed by atoms with Crippen molar-refractivity contribution in [2.24, 2.45) is 0 Å². The Balaban J connectivity index is 2.13. The molecule has 5 heteroatoms. The molecule has 1 aromatic carbocycles. The zero-order valence-electron chi connectivity index (χ0n) is 11.6. The number of hydrogen-bond donors (Lipinski definition) is 1. The number of hydrogen-bond acceptors (Lipinski definition) is 5. The van der Waals surface area contributed by atoms with Crippen LogP contribution >= 0.6 is 0 Å². The van der Waals surface area contributed by atoms with E-state index < -0.39 is 0 Å². The van der Waals surface area contributed by atoms with Crippen molar-refractivity contribution in [1.82, 2.24) is 9.80 Å². The number of benzene rings is 1. The molecule has 2 rings (SSSR count). The molecule has 0 spiro atoms. The molecule has 1 aliphatic heterocycles. The highest BCUT2D eigenvalue weighted by Crippen LogP contribution is 2.17. The first kappa shape index (κ1) is 13.8. The largest absolute Gasteiger partial charge is 0.465 e. The third kappa shape index (κ3) is 3.45. The fourth-order valence-corrected chi connectivity index (χ4v) is 2.28. The second-order valence-electron chi connectivity index (χ2n) is 4.99. The van der Waals surface area contributed by atoms with Gasteiger partial charge in [0.2, 0.25) is 0 Å². The van der Waals surface area contributed by atoms with Crippen molar-refractivity contribution >= 4 is 11.7 Å². The number of likely N-dealkylation sites (N-methyl/N-ethyl adjacent to an activating group) is 1. The summed E-state index contributed by atoms with van der Waals surface area (Å²) in [6, 6.07) is 5.44. The molecular formula is C14H21N3O2. The van der Waals surface area contributed by atoms with Crippen LogP contribution in [0.1, 0.15) is 15.9 Å². The van der Waals surface area contributed by atoms with Gasteiger partial charge in [0, 0.05) is 38.4 Å². The van der Waals surface area contributed by atoms with Gasteiger partial charge in [-0.3, -0.25) is 4.90 Å². The number of nitrogens with two attached hydrogens (primary N) is 1. The molecule has 1 aromatic rings. The van der Waals surface area contributed by atoms with E-state index in [9.17, 15) is 4.79 Å². The Bertz CT molecular complexity index is 454. The smallest absolute Gasteiger partial charge is 0.338 e. The van der Waals surface area contributed by atoms with E-state index in [1.807, 2.05) is 12.1 Å². The molecule has 5 nitrogen and oxygen atoms in total. The first-order valence-corrected chi connectivity index (χ1v) is 6.48. The predicted molar refractivity (Wildman–Crippen MR) is 75.0 cm³/mol. The summed E-state index contributed by atoms with van der Waals surface area (Å²) in [6.07, 6.45) is 0. The van der Waals surface area contributed by atoms with E-state index in [2.05, 4.69) is 16.8 Å². The molecule has 0 atom stereocenters. The number of carbonyl (C=O) groups excluding carboxylic acids is 1. The van der Waals surface area contributed by atoms with Gasteiger partial charge in [-0.25, -0.2) is 4.79 Å². The normalized spacial score (nSPS) is 17.4. The summed E-state index contributed by atoms with van der Waals surface area (Å²) >= 11 is 0. The van der Waals surface area contributed by atoms with Crippen molar-refractivity contribution in [2.45, 2.75) is 6.54 Å². The minimum absolute atomic E-state index is 0.323. The quantitative estimate of drug-likeness (QED) is 0.646. The number of anilines is 1. The Labute approximate surface area is 113 Å². The molecule has 2 N–H and O–H groups in total. The van der Waals surface area contributed by atoms with Gasteiger partial charge in [-0.05, 0) is 24.7 Å². The lowest BCUT2D eigenvalue weighted by Gasteiger charge is -2.32. The molecule has 0 aliphatic carbocycles. The molecule has 1 aliphatic rings. The molecule has 1 heterocycles. The topological polar surface area (TPSA) is 58.8 Å². The zero-order chi connectivity index (χ0) is 13.8. The maximum absolute atomic E-state index is 11.8. The predicted octanol–water partition coefficient (Wildman–Crippen LogP) is 0.803. The van der Waals surface area contributed by atoms with E-state index in [0.29, 0.717) is 11.3 Å². The van der Waals surface area contributed by atoms with Crippen molar-refractivity contribution in [2.75, 3.05) is 46.1 Å². The lowest BCUT2D eigenvalue weighted by molar-refractivity contribution is 0.0597. The minimum Gasteiger partial charge on any atom is -0.465 e. The molecule has 0 aromatic heterocycles. The van der Waals surface area contributed by atoms with Gasteiger partial charge in [-0.15, -0.1) is 0 Å². The molecule has 19 heavy (non-hydrogen) atoms. The van der Waals surface area contributed by atoms with Crippen molar-refractivity contribution in [3.05, 3.63) is 29.3 Å². The summed E-state index contributed by atoms with van der Waals surface area (Å²) < 4.78 is 4.82. The highest BCUT2D eigenvalue weighted by atomic mass is 16.5. The van der Waals surface area contributed by atoms with Gasteiger partial charge in [0.15, 0.2) is 0 Å². The fraction of sp³-hybridized carbons (Fsp3) is 0.500. The molecule has 0 bridgehead atoms. The van der Waals surface area contributed by atoms with Crippen LogP contribution in [0, 0.1) is 0 Å². The molecule has 0 radical (unpaired) electrons. The van der Waals surface area contributed by atoms with Gasteiger partial charge in [-0.2, -0.15) is 0 Å². The number of nitrogens with zero attached hydrogens (tertiary/aromatic N) is 2. The average molecular weight is 263 g/mol. The van der Waals surface area contributed by atoms with Crippen molar-refractivity contribution in [1.29, 1.82) is 0 Å². The zero-order valence-corrected chi connectivity index (χ0v) is 11.6. The van der Waals surface area contributed by atoms with Crippen LogP contribution in [-0.2, 0) is 11.3 Å². The highest BCUT2D eigenvalue weighted by molar-refractivity contribution is 5.92. The van der Waals surface area contributed by atoms with E-state index in [1.54, 1.807) is 6.07 Å². The number of carbonyl (C=O) groups is 1. The summed E-state index contributed by atoms with van der Waals surface area (Å²) in [4.78, 5) is 16.4. The van der Waals surface area contributed by atoms with Gasteiger partial charge in [-0.1, -0.05) is 6.07 Å². The highest BCUT2D eigenvalue weighted by Gasteiger charge is 2.18. The number of nitrogen functional groups attached to an aromatic ring is 1. The number of methoxy groups -OCH3 is 1. The lowest BCUT2D eigenvalue weighted by Crippen LogP contribution is -2.44. The van der Waals surface area contributed by atoms with Crippen LogP contribution in [0.5, 0.6) is 0 Å². The summed E-state index contributed by atoms with van der Waals surface area (Å²) in [6.45, 7) is 4.91. The van der Waals surface area contributed by atoms with Gasteiger partial charge in [0.05, 0.1) is 12.7 Å². The first-order chi connectivity index (χ1) is 9.10. The SMILES string of the molecule is COC(=O)c1cc(N)ccc1CN1CCN(C)CC1. The van der Waals surface area contributed by atoms with E-state index in [-0.39, 0.29) is 5.97 Å². The Hall–Kier alpha value is -1.59. The van der Waals surface area contributed by atoms with Crippen LogP contribution < -0.4 is 5.73 Å². The van der Waals surface area contributed by atoms with Crippen LogP contribution in [-0.4, -0.2) is 56.1 Å². The van der Waals surface area contributed by atoms with E-state index in [0.717, 1.165) is 38.3 Å². The second kappa shape index (κ2) is 6.04. The molecule has 0 saturated carbocycles. The molecule has 1 fully saturated rings. The third-order valence-corrected chi connectivity index (χ3v) is 3.53. The number of piperazine rings is 1. The van der Waals surface area contributed by atoms with Gasteiger partial charge in [0.1, 0.15) is 0 Å². The summed E-state index contributed by atoms with van der Waals surface area (Å²) in [5.74, 6) is -0.323. The first-order valence-electron chi connectivity index (χ1n) is 6.48. The van der Waals surface area contributed by atoms with Crippen molar-refractivity contribution in [3.8, 4) is 0 Å². The van der Waals surface area contributed by atoms with Gasteiger partial charge >= 0.3 is 5.97 Å². The standard InChI is InChI=1S/C14H21N3O2/c1-16-5-7-17(8-6-16)10-11-3-4-12(15)9-13(11)14(18)19-2/h3-4,9H,5-8,10,15H2,1-2H3. The summed E-state index contributed by atoms with van der Waals surface area (Å²) in [7, 11) is 3.52. The Kier molecular flexibility index (Phi) is 4.39. The Morgan fingerprint density at radius 1 is 1.32 bits per heavy atom. The van der Waals surface area contributed by atoms with Crippen LogP contribution in [0.2, 0.25) is 0 Å². The second-order valence-corrected chi connectivity index (χ2v) is 4.99. The summed E-state index contributed by atoms with van der Waals surface area (Å²) in [5, 5.41) is 0. The van der Waals surface area contributed by atoms with E-state index >= 15 is 0 Å². The summed E-state index contributed by atoms with van der Waals surface area (Å²) in [5.41, 5.74) is 7.88. The van der Waals surface area contributed by atoms with Gasteiger partial charge < -0.3 is 15.4 Å². The Morgan fingerprint density at radius 3 is 2.63 bits per heavy atom. The van der Waals surface area contributed by atoms with Crippen LogP contribution in [0.15, 0.2) is 18.2 Å². The molecule has 0 amide bonds. The van der Waals surface area contributed by atoms with Crippen LogP contribution in [0.4, 0.5) is 5.69 Å². The van der Waals surface area contributed by atoms with Gasteiger partial charge in [0.25, 0.3) is 0 Å². The third-order valence-electron chi connectivity index (χ3n) is 3.53. The van der Waals surface area contributed by atoms with Crippen LogP contribution in [0.25, 0.3) is 0 Å². The monoisotopic (exact) mass is 263 g/mol. The van der Waals surface area contributed by atoms with Crippen LogP contribution in [0.3, 0.4) is 0 Å². The van der Waals surface area contributed by atoms with Crippen molar-refractivity contribution in [3.63, 3.8) is 0 Å². The minimum atomic E-state index is -0.323. The van der Waals surface area contributed by atoms with E-state index in [1.165, 1.54) is 7.11 Å². The number of rotatable bonds is 3. The molecule has 104 valence electrons. The fourth-order valence-electron chi connectivity index (χ4n) is 2.28. The number of esters is 1. The maximum atomic E-state index is 11.8.